The summed E-state index contributed by atoms with van der Waals surface area (Å²) < 4.78 is 0. The molecular formula is C25H30N4O4. The molecular weight excluding hydrogens is 420 g/mol. The predicted molar refractivity (Wildman–Crippen MR) is 122 cm³/mol. The Balaban J connectivity index is 1.61. The largest absolute Gasteiger partial charge is 0.395 e. The quantitative estimate of drug-likeness (QED) is 0.636. The predicted octanol–water partition coefficient (Wildman–Crippen LogP) is 1.11. The molecule has 1 aromatic carbocycles. The van der Waals surface area contributed by atoms with Crippen LogP contribution in [0.25, 0.3) is 0 Å². The summed E-state index contributed by atoms with van der Waals surface area (Å²) in [6.45, 7) is 5.23. The molecule has 4 rings (SSSR count). The minimum absolute atomic E-state index is 0.0159. The number of carbonyl (C=O) groups is 3. The normalized spacial score (nSPS) is 21.6. The summed E-state index contributed by atoms with van der Waals surface area (Å²) in [4.78, 5) is 49.5. The van der Waals surface area contributed by atoms with Gasteiger partial charge in [0.25, 0.3) is 0 Å². The van der Waals surface area contributed by atoms with Gasteiger partial charge >= 0.3 is 0 Å². The van der Waals surface area contributed by atoms with Gasteiger partial charge in [-0.1, -0.05) is 24.3 Å². The van der Waals surface area contributed by atoms with E-state index < -0.39 is 5.41 Å². The standard InChI is InChI=1S/C25H30N4O4/c1-19-4-2-3-5-21(19)25(16-22(31)28-12-10-27(11-13-28)14-15-30)17-23(32)29(24(25)33)18-20-6-8-26-9-7-20/h2-9,30H,10-18H2,1H3. The van der Waals surface area contributed by atoms with E-state index in [-0.39, 0.29) is 43.7 Å². The third kappa shape index (κ3) is 4.67. The molecule has 8 heteroatoms. The Morgan fingerprint density at radius 3 is 2.42 bits per heavy atom. The van der Waals surface area contributed by atoms with Crippen LogP contribution in [0, 0.1) is 6.92 Å². The number of amides is 3. The second kappa shape index (κ2) is 9.80. The van der Waals surface area contributed by atoms with E-state index in [0.717, 1.165) is 16.7 Å². The Morgan fingerprint density at radius 2 is 1.76 bits per heavy atom. The molecule has 1 aromatic heterocycles. The highest BCUT2D eigenvalue weighted by molar-refractivity contribution is 6.10. The van der Waals surface area contributed by atoms with Crippen LogP contribution in [0.5, 0.6) is 0 Å². The summed E-state index contributed by atoms with van der Waals surface area (Å²) >= 11 is 0. The molecule has 0 bridgehead atoms. The van der Waals surface area contributed by atoms with Crippen molar-refractivity contribution in [1.82, 2.24) is 19.7 Å². The van der Waals surface area contributed by atoms with Gasteiger partial charge in [0, 0.05) is 58.0 Å². The number of aliphatic hydroxyl groups is 1. The van der Waals surface area contributed by atoms with Gasteiger partial charge in [-0.25, -0.2) is 0 Å². The average molecular weight is 451 g/mol. The molecule has 0 saturated carbocycles. The number of benzene rings is 1. The number of rotatable bonds is 7. The van der Waals surface area contributed by atoms with E-state index in [1.54, 1.807) is 29.4 Å². The van der Waals surface area contributed by atoms with Crippen LogP contribution in [0.1, 0.15) is 29.5 Å². The van der Waals surface area contributed by atoms with Crippen LogP contribution in [0.3, 0.4) is 0 Å². The van der Waals surface area contributed by atoms with E-state index in [2.05, 4.69) is 9.88 Å². The summed E-state index contributed by atoms with van der Waals surface area (Å²) in [5, 5.41) is 9.15. The van der Waals surface area contributed by atoms with Crippen molar-refractivity contribution in [2.45, 2.75) is 31.7 Å². The van der Waals surface area contributed by atoms with Crippen molar-refractivity contribution < 1.29 is 19.5 Å². The number of hydrogen-bond donors (Lipinski definition) is 1. The highest BCUT2D eigenvalue weighted by Gasteiger charge is 2.54. The van der Waals surface area contributed by atoms with Crippen LogP contribution in [-0.2, 0) is 26.3 Å². The second-order valence-electron chi connectivity index (χ2n) is 8.84. The van der Waals surface area contributed by atoms with E-state index in [1.807, 2.05) is 31.2 Å². The fourth-order valence-corrected chi connectivity index (χ4v) is 4.92. The molecule has 2 saturated heterocycles. The van der Waals surface area contributed by atoms with Crippen LogP contribution in [-0.4, -0.2) is 81.8 Å². The first-order chi connectivity index (χ1) is 15.9. The van der Waals surface area contributed by atoms with Gasteiger partial charge < -0.3 is 10.0 Å². The monoisotopic (exact) mass is 450 g/mol. The van der Waals surface area contributed by atoms with E-state index >= 15 is 0 Å². The van der Waals surface area contributed by atoms with E-state index in [4.69, 9.17) is 5.11 Å². The molecule has 0 spiro atoms. The number of aryl methyl sites for hydroxylation is 1. The van der Waals surface area contributed by atoms with Gasteiger partial charge in [0.05, 0.1) is 18.6 Å². The van der Waals surface area contributed by atoms with Crippen molar-refractivity contribution in [1.29, 1.82) is 0 Å². The molecule has 8 nitrogen and oxygen atoms in total. The van der Waals surface area contributed by atoms with Crippen molar-refractivity contribution >= 4 is 17.7 Å². The maximum atomic E-state index is 13.8. The minimum Gasteiger partial charge on any atom is -0.395 e. The lowest BCUT2D eigenvalue weighted by molar-refractivity contribution is -0.143. The molecule has 33 heavy (non-hydrogen) atoms. The van der Waals surface area contributed by atoms with Crippen LogP contribution in [0.15, 0.2) is 48.8 Å². The van der Waals surface area contributed by atoms with Gasteiger partial charge in [-0.05, 0) is 35.7 Å². The number of pyridine rings is 1. The minimum atomic E-state index is -1.20. The summed E-state index contributed by atoms with van der Waals surface area (Å²) in [5.74, 6) is -0.694. The first-order valence-electron chi connectivity index (χ1n) is 11.4. The van der Waals surface area contributed by atoms with Crippen molar-refractivity contribution in [3.8, 4) is 0 Å². The third-order valence-electron chi connectivity index (χ3n) is 6.75. The molecule has 2 aliphatic heterocycles. The smallest absolute Gasteiger partial charge is 0.241 e. The number of hydrogen-bond acceptors (Lipinski definition) is 6. The Kier molecular flexibility index (Phi) is 6.85. The van der Waals surface area contributed by atoms with E-state index in [9.17, 15) is 14.4 Å². The highest BCUT2D eigenvalue weighted by Crippen LogP contribution is 2.42. The number of carbonyl (C=O) groups excluding carboxylic acids is 3. The molecule has 3 amide bonds. The topological polar surface area (TPSA) is 94.1 Å². The number of aromatic nitrogens is 1. The van der Waals surface area contributed by atoms with Crippen molar-refractivity contribution in [3.05, 3.63) is 65.5 Å². The Morgan fingerprint density at radius 1 is 1.06 bits per heavy atom. The SMILES string of the molecule is Cc1ccccc1C1(CC(=O)N2CCN(CCO)CC2)CC(=O)N(Cc2ccncc2)C1=O. The zero-order valence-corrected chi connectivity index (χ0v) is 18.9. The number of aliphatic hydroxyl groups excluding tert-OH is 1. The van der Waals surface area contributed by atoms with Gasteiger partial charge in [-0.15, -0.1) is 0 Å². The third-order valence-corrected chi connectivity index (χ3v) is 6.75. The number of nitrogens with zero attached hydrogens (tertiary/aromatic N) is 4. The Labute approximate surface area is 193 Å². The maximum Gasteiger partial charge on any atom is 0.241 e. The van der Waals surface area contributed by atoms with Gasteiger partial charge in [-0.2, -0.15) is 0 Å². The molecule has 1 unspecified atom stereocenters. The summed E-state index contributed by atoms with van der Waals surface area (Å²) in [5.41, 5.74) is 1.26. The van der Waals surface area contributed by atoms with E-state index in [1.165, 1.54) is 4.90 Å². The molecule has 2 aromatic rings. The lowest BCUT2D eigenvalue weighted by atomic mass is 9.74. The molecule has 2 aliphatic rings. The number of β-amino-alcohol motifs (C(OH)–C–C–N with tert-alkyl or cyclic N) is 1. The molecule has 0 radical (unpaired) electrons. The van der Waals surface area contributed by atoms with Crippen molar-refractivity contribution in [3.63, 3.8) is 0 Å². The average Bonchev–Trinajstić information content (AvgIpc) is 3.05. The second-order valence-corrected chi connectivity index (χ2v) is 8.84. The van der Waals surface area contributed by atoms with Crippen LogP contribution in [0.2, 0.25) is 0 Å². The maximum absolute atomic E-state index is 13.8. The fourth-order valence-electron chi connectivity index (χ4n) is 4.92. The number of likely N-dealkylation sites (tertiary alicyclic amines) is 1. The molecule has 1 atom stereocenters. The zero-order valence-electron chi connectivity index (χ0n) is 18.9. The highest BCUT2D eigenvalue weighted by atomic mass is 16.3. The van der Waals surface area contributed by atoms with Gasteiger partial charge in [0.2, 0.25) is 17.7 Å². The summed E-state index contributed by atoms with van der Waals surface area (Å²) in [7, 11) is 0. The number of piperazine rings is 1. The first-order valence-corrected chi connectivity index (χ1v) is 11.4. The van der Waals surface area contributed by atoms with Gasteiger partial charge in [0.15, 0.2) is 0 Å². The van der Waals surface area contributed by atoms with Crippen molar-refractivity contribution in [2.24, 2.45) is 0 Å². The van der Waals surface area contributed by atoms with Crippen LogP contribution < -0.4 is 0 Å². The van der Waals surface area contributed by atoms with Crippen molar-refractivity contribution in [2.75, 3.05) is 39.3 Å². The van der Waals surface area contributed by atoms with Crippen LogP contribution >= 0.6 is 0 Å². The number of imide groups is 1. The molecule has 0 aliphatic carbocycles. The fraction of sp³-hybridized carbons (Fsp3) is 0.440. The zero-order chi connectivity index (χ0) is 23.4. The molecule has 3 heterocycles. The van der Waals surface area contributed by atoms with Crippen LogP contribution in [0.4, 0.5) is 0 Å². The van der Waals surface area contributed by atoms with Gasteiger partial charge in [-0.3, -0.25) is 29.2 Å². The first kappa shape index (κ1) is 23.1. The molecule has 2 fully saturated rings. The van der Waals surface area contributed by atoms with Gasteiger partial charge in [0.1, 0.15) is 0 Å². The molecule has 174 valence electrons. The molecule has 1 N–H and O–H groups in total. The lowest BCUT2D eigenvalue weighted by Gasteiger charge is -2.36. The summed E-state index contributed by atoms with van der Waals surface area (Å²) in [6.07, 6.45) is 3.22. The van der Waals surface area contributed by atoms with E-state index in [0.29, 0.717) is 32.7 Å². The Bertz CT molecular complexity index is 1020. The summed E-state index contributed by atoms with van der Waals surface area (Å²) in [6, 6.07) is 11.1. The Hall–Kier alpha value is -3.10. The lowest BCUT2D eigenvalue weighted by Crippen LogP contribution is -2.51.